The topological polar surface area (TPSA) is 55.0 Å². The molecule has 0 aliphatic carbocycles. The lowest BCUT2D eigenvalue weighted by atomic mass is 10.4. The molecule has 5 heteroatoms. The van der Waals surface area contributed by atoms with Crippen LogP contribution in [0.2, 0.25) is 0 Å². The Morgan fingerprint density at radius 1 is 1.38 bits per heavy atom. The van der Waals surface area contributed by atoms with Crippen molar-refractivity contribution in [3.05, 3.63) is 10.7 Å². The van der Waals surface area contributed by atoms with Crippen LogP contribution in [-0.4, -0.2) is 23.1 Å². The molecule has 0 unspecified atom stereocenters. The van der Waals surface area contributed by atoms with Crippen molar-refractivity contribution in [1.82, 2.24) is 9.97 Å². The van der Waals surface area contributed by atoms with Crippen molar-refractivity contribution in [3.8, 4) is 0 Å². The smallest absolute Gasteiger partial charge is 0.227 e. The minimum absolute atomic E-state index is 0.511. The van der Waals surface area contributed by atoms with Gasteiger partial charge < -0.3 is 10.6 Å². The van der Waals surface area contributed by atoms with Crippen molar-refractivity contribution < 1.29 is 0 Å². The lowest BCUT2D eigenvalue weighted by molar-refractivity contribution is 0.899. The predicted molar refractivity (Wildman–Crippen MR) is 55.6 cm³/mol. The lowest BCUT2D eigenvalue weighted by Crippen LogP contribution is -2.20. The van der Waals surface area contributed by atoms with Crippen molar-refractivity contribution >= 4 is 27.7 Å². The molecule has 0 saturated carbocycles. The summed E-state index contributed by atoms with van der Waals surface area (Å²) in [6.45, 7) is 2.09. The van der Waals surface area contributed by atoms with Crippen LogP contribution in [0.5, 0.6) is 0 Å². The maximum Gasteiger partial charge on any atom is 0.227 e. The number of nitrogens with zero attached hydrogens (tertiary/aromatic N) is 3. The zero-order valence-corrected chi connectivity index (χ0v) is 8.79. The number of nitrogens with two attached hydrogens (primary N) is 1. The zero-order chi connectivity index (χ0) is 9.26. The van der Waals surface area contributed by atoms with Crippen LogP contribution in [0.1, 0.15) is 12.8 Å². The van der Waals surface area contributed by atoms with Gasteiger partial charge in [-0.05, 0) is 28.8 Å². The summed E-state index contributed by atoms with van der Waals surface area (Å²) in [5.41, 5.74) is 5.66. The van der Waals surface area contributed by atoms with E-state index in [9.17, 15) is 0 Å². The zero-order valence-electron chi connectivity index (χ0n) is 7.20. The van der Waals surface area contributed by atoms with Crippen LogP contribution in [0.15, 0.2) is 10.7 Å². The van der Waals surface area contributed by atoms with Gasteiger partial charge in [-0.15, -0.1) is 0 Å². The van der Waals surface area contributed by atoms with E-state index >= 15 is 0 Å². The van der Waals surface area contributed by atoms with Gasteiger partial charge in [0, 0.05) is 19.3 Å². The molecule has 2 rings (SSSR count). The summed E-state index contributed by atoms with van der Waals surface area (Å²) >= 11 is 3.27. The van der Waals surface area contributed by atoms with E-state index in [1.54, 1.807) is 6.20 Å². The Bertz CT molecular complexity index is 309. The average molecular weight is 243 g/mol. The van der Waals surface area contributed by atoms with E-state index in [0.717, 1.165) is 23.5 Å². The van der Waals surface area contributed by atoms with Crippen LogP contribution >= 0.6 is 15.9 Å². The first-order valence-electron chi connectivity index (χ1n) is 4.30. The molecule has 4 nitrogen and oxygen atoms in total. The highest BCUT2D eigenvalue weighted by molar-refractivity contribution is 9.10. The molecule has 0 radical (unpaired) electrons. The molecule has 70 valence electrons. The van der Waals surface area contributed by atoms with E-state index < -0.39 is 0 Å². The number of rotatable bonds is 1. The molecule has 0 spiro atoms. The first kappa shape index (κ1) is 8.74. The first-order valence-corrected chi connectivity index (χ1v) is 5.09. The number of hydrogen-bond acceptors (Lipinski definition) is 4. The molecule has 1 fully saturated rings. The standard InChI is InChI=1S/C8H11BrN4/c9-6-5-11-8(12-7(6)10)13-3-1-2-4-13/h5H,1-4H2,(H2,10,11,12). The summed E-state index contributed by atoms with van der Waals surface area (Å²) in [4.78, 5) is 10.6. The van der Waals surface area contributed by atoms with Crippen LogP contribution in [0.25, 0.3) is 0 Å². The molecular weight excluding hydrogens is 232 g/mol. The van der Waals surface area contributed by atoms with E-state index in [1.807, 2.05) is 0 Å². The molecule has 0 aromatic carbocycles. The highest BCUT2D eigenvalue weighted by atomic mass is 79.9. The minimum atomic E-state index is 0.511. The molecule has 1 aromatic heterocycles. The normalized spacial score (nSPS) is 16.5. The fraction of sp³-hybridized carbons (Fsp3) is 0.500. The number of halogens is 1. The molecule has 1 aliphatic heterocycles. The molecule has 0 amide bonds. The van der Waals surface area contributed by atoms with Gasteiger partial charge in [0.05, 0.1) is 4.47 Å². The van der Waals surface area contributed by atoms with Crippen LogP contribution in [-0.2, 0) is 0 Å². The molecule has 13 heavy (non-hydrogen) atoms. The Morgan fingerprint density at radius 3 is 2.69 bits per heavy atom. The maximum absolute atomic E-state index is 5.66. The number of aromatic nitrogens is 2. The fourth-order valence-corrected chi connectivity index (χ4v) is 1.63. The van der Waals surface area contributed by atoms with Gasteiger partial charge in [0.15, 0.2) is 0 Å². The molecule has 1 aromatic rings. The van der Waals surface area contributed by atoms with E-state index in [0.29, 0.717) is 5.82 Å². The second-order valence-electron chi connectivity index (χ2n) is 3.10. The molecule has 0 atom stereocenters. The molecule has 2 N–H and O–H groups in total. The van der Waals surface area contributed by atoms with Gasteiger partial charge in [0.1, 0.15) is 5.82 Å². The molecule has 0 bridgehead atoms. The third-order valence-electron chi connectivity index (χ3n) is 2.15. The summed E-state index contributed by atoms with van der Waals surface area (Å²) in [6, 6.07) is 0. The number of nitrogen functional groups attached to an aromatic ring is 1. The van der Waals surface area contributed by atoms with Gasteiger partial charge >= 0.3 is 0 Å². The van der Waals surface area contributed by atoms with Crippen molar-refractivity contribution in [2.45, 2.75) is 12.8 Å². The van der Waals surface area contributed by atoms with Crippen LogP contribution < -0.4 is 10.6 Å². The summed E-state index contributed by atoms with van der Waals surface area (Å²) in [5.74, 6) is 1.26. The minimum Gasteiger partial charge on any atom is -0.383 e. The highest BCUT2D eigenvalue weighted by Crippen LogP contribution is 2.20. The molecule has 1 aliphatic rings. The number of anilines is 2. The van der Waals surface area contributed by atoms with E-state index in [2.05, 4.69) is 30.8 Å². The third-order valence-corrected chi connectivity index (χ3v) is 2.76. The van der Waals surface area contributed by atoms with Crippen LogP contribution in [0.3, 0.4) is 0 Å². The molecular formula is C8H11BrN4. The van der Waals surface area contributed by atoms with Crippen molar-refractivity contribution in [2.75, 3.05) is 23.7 Å². The van der Waals surface area contributed by atoms with E-state index in [-0.39, 0.29) is 0 Å². The average Bonchev–Trinajstić information content (AvgIpc) is 2.62. The van der Waals surface area contributed by atoms with Crippen LogP contribution in [0, 0.1) is 0 Å². The Hall–Kier alpha value is -0.840. The van der Waals surface area contributed by atoms with Gasteiger partial charge in [-0.1, -0.05) is 0 Å². The third kappa shape index (κ3) is 1.75. The largest absolute Gasteiger partial charge is 0.383 e. The molecule has 2 heterocycles. The highest BCUT2D eigenvalue weighted by Gasteiger charge is 2.15. The van der Waals surface area contributed by atoms with Crippen molar-refractivity contribution in [3.63, 3.8) is 0 Å². The first-order chi connectivity index (χ1) is 6.27. The van der Waals surface area contributed by atoms with Crippen LogP contribution in [0.4, 0.5) is 11.8 Å². The van der Waals surface area contributed by atoms with Gasteiger partial charge in [0.2, 0.25) is 5.95 Å². The Balaban J connectivity index is 2.25. The second-order valence-corrected chi connectivity index (χ2v) is 3.95. The maximum atomic E-state index is 5.66. The Morgan fingerprint density at radius 2 is 2.08 bits per heavy atom. The van der Waals surface area contributed by atoms with Crippen molar-refractivity contribution in [2.24, 2.45) is 0 Å². The lowest BCUT2D eigenvalue weighted by Gasteiger charge is -2.14. The second kappa shape index (κ2) is 3.49. The number of hydrogen-bond donors (Lipinski definition) is 1. The fourth-order valence-electron chi connectivity index (χ4n) is 1.44. The Labute approximate surface area is 85.3 Å². The van der Waals surface area contributed by atoms with E-state index in [4.69, 9.17) is 5.73 Å². The van der Waals surface area contributed by atoms with Gasteiger partial charge in [0.25, 0.3) is 0 Å². The van der Waals surface area contributed by atoms with Crippen molar-refractivity contribution in [1.29, 1.82) is 0 Å². The quantitative estimate of drug-likeness (QED) is 0.810. The summed E-state index contributed by atoms with van der Waals surface area (Å²) in [7, 11) is 0. The van der Waals surface area contributed by atoms with E-state index in [1.165, 1.54) is 12.8 Å². The SMILES string of the molecule is Nc1nc(N2CCCC2)ncc1Br. The summed E-state index contributed by atoms with van der Waals surface area (Å²) < 4.78 is 0.760. The summed E-state index contributed by atoms with van der Waals surface area (Å²) in [5, 5.41) is 0. The Kier molecular flexibility index (Phi) is 2.35. The van der Waals surface area contributed by atoms with Gasteiger partial charge in [-0.3, -0.25) is 0 Å². The summed E-state index contributed by atoms with van der Waals surface area (Å²) in [6.07, 6.45) is 4.15. The monoisotopic (exact) mass is 242 g/mol. The molecule has 1 saturated heterocycles. The van der Waals surface area contributed by atoms with Gasteiger partial charge in [-0.25, -0.2) is 4.98 Å². The predicted octanol–water partition coefficient (Wildman–Crippen LogP) is 1.42. The van der Waals surface area contributed by atoms with Gasteiger partial charge in [-0.2, -0.15) is 4.98 Å².